The first kappa shape index (κ1) is 6.00. The largest absolute Gasteiger partial charge is 0.0897 e. The molecule has 46 valence electrons. The zero-order chi connectivity index (χ0) is 5.82. The van der Waals surface area contributed by atoms with Gasteiger partial charge in [0, 0.05) is 0 Å². The van der Waals surface area contributed by atoms with Crippen LogP contribution >= 0.6 is 0 Å². The number of rotatable bonds is 0. The average Bonchev–Trinajstić information content (AvgIpc) is 1.94. The molecule has 0 aromatic heterocycles. The monoisotopic (exact) mass is 111 g/mol. The van der Waals surface area contributed by atoms with E-state index >= 15 is 0 Å². The van der Waals surface area contributed by atoms with Crippen molar-refractivity contribution >= 4 is 0 Å². The van der Waals surface area contributed by atoms with Crippen molar-refractivity contribution in [2.24, 2.45) is 0 Å². The third-order valence-corrected chi connectivity index (χ3v) is 1.96. The normalized spacial score (nSPS) is 22.9. The van der Waals surface area contributed by atoms with Gasteiger partial charge in [-0.15, -0.1) is 0 Å². The molecule has 0 bridgehead atoms. The molecular weight excluding hydrogens is 96.1 g/mol. The average molecular weight is 111 g/mol. The molecule has 0 amide bonds. The molecular formula is C8H15+. The molecule has 0 aliphatic heterocycles. The highest BCUT2D eigenvalue weighted by atomic mass is 14.1. The van der Waals surface area contributed by atoms with Crippen LogP contribution in [-0.4, -0.2) is 0 Å². The molecule has 0 aromatic carbocycles. The van der Waals surface area contributed by atoms with Crippen LogP contribution in [0.1, 0.15) is 45.4 Å². The summed E-state index contributed by atoms with van der Waals surface area (Å²) in [6.45, 7) is 2.30. The Morgan fingerprint density at radius 2 is 1.38 bits per heavy atom. The summed E-state index contributed by atoms with van der Waals surface area (Å²) >= 11 is 0. The van der Waals surface area contributed by atoms with Gasteiger partial charge in [-0.2, -0.15) is 0 Å². The molecule has 0 saturated heterocycles. The van der Waals surface area contributed by atoms with Crippen molar-refractivity contribution in [3.63, 3.8) is 0 Å². The van der Waals surface area contributed by atoms with E-state index in [1.807, 2.05) is 0 Å². The van der Waals surface area contributed by atoms with Crippen LogP contribution < -0.4 is 0 Å². The van der Waals surface area contributed by atoms with Gasteiger partial charge in [0.1, 0.15) is 0 Å². The Kier molecular flexibility index (Phi) is 2.26. The zero-order valence-electron chi connectivity index (χ0n) is 5.74. The van der Waals surface area contributed by atoms with Gasteiger partial charge < -0.3 is 0 Å². The molecule has 0 radical (unpaired) electrons. The van der Waals surface area contributed by atoms with Crippen LogP contribution in [0.15, 0.2) is 0 Å². The van der Waals surface area contributed by atoms with Crippen LogP contribution in [0.3, 0.4) is 0 Å². The van der Waals surface area contributed by atoms with Crippen LogP contribution in [0.25, 0.3) is 0 Å². The Morgan fingerprint density at radius 1 is 0.875 bits per heavy atom. The summed E-state index contributed by atoms with van der Waals surface area (Å²) in [7, 11) is 0. The fraction of sp³-hybridized carbons (Fsp3) is 0.875. The van der Waals surface area contributed by atoms with E-state index in [4.69, 9.17) is 0 Å². The van der Waals surface area contributed by atoms with Gasteiger partial charge in [0.2, 0.25) is 0 Å². The van der Waals surface area contributed by atoms with Crippen molar-refractivity contribution in [1.82, 2.24) is 0 Å². The SMILES string of the molecule is C[C+]1CCCCCC1. The Labute approximate surface area is 52.3 Å². The van der Waals surface area contributed by atoms with E-state index in [9.17, 15) is 0 Å². The van der Waals surface area contributed by atoms with Crippen molar-refractivity contribution in [2.45, 2.75) is 45.4 Å². The van der Waals surface area contributed by atoms with Crippen LogP contribution in [0.5, 0.6) is 0 Å². The van der Waals surface area contributed by atoms with Gasteiger partial charge in [-0.05, 0) is 25.7 Å². The standard InChI is InChI=1S/C8H15/c1-8-6-4-2-3-5-7-8/h2-7H2,1H3/q+1. The summed E-state index contributed by atoms with van der Waals surface area (Å²) in [6.07, 6.45) is 8.65. The maximum absolute atomic E-state index is 2.30. The van der Waals surface area contributed by atoms with E-state index in [2.05, 4.69) is 6.92 Å². The fourth-order valence-electron chi connectivity index (χ4n) is 1.33. The Bertz CT molecular complexity index is 49.1. The molecule has 1 fully saturated rings. The third kappa shape index (κ3) is 1.77. The summed E-state index contributed by atoms with van der Waals surface area (Å²) in [5, 5.41) is 0. The molecule has 0 heterocycles. The Morgan fingerprint density at radius 3 is 1.88 bits per heavy atom. The van der Waals surface area contributed by atoms with Crippen LogP contribution in [-0.2, 0) is 0 Å². The highest BCUT2D eigenvalue weighted by Gasteiger charge is 2.14. The summed E-state index contributed by atoms with van der Waals surface area (Å²) in [5.41, 5.74) is 0. The lowest BCUT2D eigenvalue weighted by atomic mass is 10.0. The second-order valence-electron chi connectivity index (χ2n) is 2.87. The lowest BCUT2D eigenvalue weighted by molar-refractivity contribution is 0.702. The smallest absolute Gasteiger partial charge is 0.0491 e. The second-order valence-corrected chi connectivity index (χ2v) is 2.87. The second kappa shape index (κ2) is 3.01. The van der Waals surface area contributed by atoms with Crippen LogP contribution in [0.4, 0.5) is 0 Å². The molecule has 1 aliphatic rings. The fourth-order valence-corrected chi connectivity index (χ4v) is 1.33. The molecule has 0 N–H and O–H groups in total. The Balaban J connectivity index is 2.17. The highest BCUT2D eigenvalue weighted by molar-refractivity contribution is 4.84. The van der Waals surface area contributed by atoms with E-state index in [-0.39, 0.29) is 0 Å². The van der Waals surface area contributed by atoms with E-state index in [0.717, 1.165) is 0 Å². The molecule has 8 heavy (non-hydrogen) atoms. The molecule has 1 aliphatic carbocycles. The van der Waals surface area contributed by atoms with Crippen molar-refractivity contribution in [1.29, 1.82) is 0 Å². The highest BCUT2D eigenvalue weighted by Crippen LogP contribution is 2.23. The van der Waals surface area contributed by atoms with Gasteiger partial charge in [0.05, 0.1) is 25.7 Å². The van der Waals surface area contributed by atoms with Gasteiger partial charge in [-0.1, -0.05) is 0 Å². The quantitative estimate of drug-likeness (QED) is 0.333. The maximum atomic E-state index is 2.30. The third-order valence-electron chi connectivity index (χ3n) is 1.96. The minimum atomic E-state index is 1.40. The maximum Gasteiger partial charge on any atom is 0.0897 e. The minimum absolute atomic E-state index is 1.40. The lowest BCUT2D eigenvalue weighted by Gasteiger charge is -1.90. The molecule has 0 heteroatoms. The van der Waals surface area contributed by atoms with E-state index in [1.54, 1.807) is 5.92 Å². The molecule has 1 rings (SSSR count). The van der Waals surface area contributed by atoms with Gasteiger partial charge in [-0.3, -0.25) is 0 Å². The topological polar surface area (TPSA) is 0 Å². The van der Waals surface area contributed by atoms with Crippen molar-refractivity contribution in [3.8, 4) is 0 Å². The van der Waals surface area contributed by atoms with Crippen molar-refractivity contribution in [2.75, 3.05) is 0 Å². The van der Waals surface area contributed by atoms with E-state index < -0.39 is 0 Å². The Hall–Kier alpha value is -0.130. The van der Waals surface area contributed by atoms with E-state index in [1.165, 1.54) is 38.5 Å². The zero-order valence-corrected chi connectivity index (χ0v) is 5.74. The summed E-state index contributed by atoms with van der Waals surface area (Å²) in [6, 6.07) is 0. The lowest BCUT2D eigenvalue weighted by Crippen LogP contribution is -1.85. The first-order valence-corrected chi connectivity index (χ1v) is 3.71. The number of hydrogen-bond donors (Lipinski definition) is 0. The van der Waals surface area contributed by atoms with Gasteiger partial charge in [0.15, 0.2) is 0 Å². The van der Waals surface area contributed by atoms with Gasteiger partial charge in [-0.25, -0.2) is 0 Å². The molecule has 0 aromatic rings. The molecule has 1 saturated carbocycles. The molecule has 0 spiro atoms. The summed E-state index contributed by atoms with van der Waals surface area (Å²) in [5.74, 6) is 1.72. The number of hydrogen-bond acceptors (Lipinski definition) is 0. The molecule has 0 unspecified atom stereocenters. The predicted octanol–water partition coefficient (Wildman–Crippen LogP) is 2.93. The van der Waals surface area contributed by atoms with Crippen LogP contribution in [0, 0.1) is 5.92 Å². The van der Waals surface area contributed by atoms with E-state index in [0.29, 0.717) is 0 Å². The first-order valence-electron chi connectivity index (χ1n) is 3.71. The summed E-state index contributed by atoms with van der Waals surface area (Å²) in [4.78, 5) is 0. The summed E-state index contributed by atoms with van der Waals surface area (Å²) < 4.78 is 0. The van der Waals surface area contributed by atoms with Crippen molar-refractivity contribution in [3.05, 3.63) is 5.92 Å². The molecule has 0 atom stereocenters. The molecule has 0 nitrogen and oxygen atoms in total. The predicted molar refractivity (Wildman–Crippen MR) is 36.6 cm³/mol. The van der Waals surface area contributed by atoms with Gasteiger partial charge in [0.25, 0.3) is 0 Å². The van der Waals surface area contributed by atoms with Crippen molar-refractivity contribution < 1.29 is 0 Å². The van der Waals surface area contributed by atoms with Crippen LogP contribution in [0.2, 0.25) is 0 Å². The minimum Gasteiger partial charge on any atom is -0.0491 e. The first-order chi connectivity index (χ1) is 3.89. The van der Waals surface area contributed by atoms with Gasteiger partial charge >= 0.3 is 0 Å².